The van der Waals surface area contributed by atoms with Crippen LogP contribution in [0.1, 0.15) is 6.92 Å². The van der Waals surface area contributed by atoms with E-state index in [2.05, 4.69) is 15.5 Å². The monoisotopic (exact) mass is 235 g/mol. The lowest BCUT2D eigenvalue weighted by Crippen LogP contribution is -2.00. The Labute approximate surface area is 97.5 Å². The highest BCUT2D eigenvalue weighted by atomic mass is 19.1. The highest BCUT2D eigenvalue weighted by Crippen LogP contribution is 2.19. The Hall–Kier alpha value is -2.04. The van der Waals surface area contributed by atoms with E-state index in [0.29, 0.717) is 17.1 Å². The normalized spacial score (nSPS) is 10.3. The van der Waals surface area contributed by atoms with E-state index in [1.807, 2.05) is 6.92 Å². The number of nitrogens with zero attached hydrogens (tertiary/aromatic N) is 2. The van der Waals surface area contributed by atoms with Crippen LogP contribution in [0.4, 0.5) is 14.6 Å². The molecule has 2 aromatic rings. The van der Waals surface area contributed by atoms with Gasteiger partial charge in [-0.15, -0.1) is 10.2 Å². The first-order valence-corrected chi connectivity index (χ1v) is 5.23. The molecule has 1 aromatic heterocycles. The summed E-state index contributed by atoms with van der Waals surface area (Å²) in [5.41, 5.74) is 0.808. The summed E-state index contributed by atoms with van der Waals surface area (Å²) in [5, 5.41) is 10.8. The average molecular weight is 235 g/mol. The molecule has 1 aromatic carbocycles. The molecule has 0 radical (unpaired) electrons. The van der Waals surface area contributed by atoms with E-state index >= 15 is 0 Å². The molecule has 3 nitrogen and oxygen atoms in total. The van der Waals surface area contributed by atoms with Gasteiger partial charge in [-0.1, -0.05) is 0 Å². The summed E-state index contributed by atoms with van der Waals surface area (Å²) >= 11 is 0. The van der Waals surface area contributed by atoms with Crippen LogP contribution >= 0.6 is 0 Å². The number of anilines is 1. The standard InChI is InChI=1S/C12H11F2N3/c1-2-15-12-4-3-11(16-17-12)8-5-9(13)7-10(14)6-8/h3-7H,2H2,1H3,(H,15,17). The second-order valence-electron chi connectivity index (χ2n) is 3.49. The highest BCUT2D eigenvalue weighted by Gasteiger charge is 2.05. The Balaban J connectivity index is 2.32. The Kier molecular flexibility index (Phi) is 3.27. The Morgan fingerprint density at radius 2 is 1.76 bits per heavy atom. The summed E-state index contributed by atoms with van der Waals surface area (Å²) in [6.45, 7) is 2.68. The van der Waals surface area contributed by atoms with Crippen LogP contribution in [0.15, 0.2) is 30.3 Å². The molecular formula is C12H11F2N3. The molecule has 0 aliphatic rings. The zero-order valence-electron chi connectivity index (χ0n) is 9.24. The molecule has 0 spiro atoms. The third-order valence-corrected chi connectivity index (χ3v) is 2.18. The van der Waals surface area contributed by atoms with Crippen LogP contribution in [0.25, 0.3) is 11.3 Å². The van der Waals surface area contributed by atoms with Crippen molar-refractivity contribution in [1.82, 2.24) is 10.2 Å². The van der Waals surface area contributed by atoms with E-state index in [4.69, 9.17) is 0 Å². The van der Waals surface area contributed by atoms with Crippen LogP contribution in [0.5, 0.6) is 0 Å². The predicted octanol–water partition coefficient (Wildman–Crippen LogP) is 2.85. The van der Waals surface area contributed by atoms with Gasteiger partial charge in [0, 0.05) is 18.2 Å². The van der Waals surface area contributed by atoms with Crippen molar-refractivity contribution >= 4 is 5.82 Å². The van der Waals surface area contributed by atoms with Crippen molar-refractivity contribution < 1.29 is 8.78 Å². The molecule has 88 valence electrons. The molecule has 0 fully saturated rings. The molecule has 0 atom stereocenters. The van der Waals surface area contributed by atoms with Crippen molar-refractivity contribution in [3.05, 3.63) is 42.0 Å². The molecule has 1 N–H and O–H groups in total. The molecule has 0 unspecified atom stereocenters. The van der Waals surface area contributed by atoms with Crippen molar-refractivity contribution in [2.24, 2.45) is 0 Å². The first kappa shape index (κ1) is 11.4. The fourth-order valence-corrected chi connectivity index (χ4v) is 1.46. The van der Waals surface area contributed by atoms with Gasteiger partial charge in [0.05, 0.1) is 5.69 Å². The van der Waals surface area contributed by atoms with Gasteiger partial charge < -0.3 is 5.32 Å². The number of rotatable bonds is 3. The lowest BCUT2D eigenvalue weighted by Gasteiger charge is -2.03. The molecule has 0 saturated carbocycles. The zero-order chi connectivity index (χ0) is 12.3. The minimum atomic E-state index is -0.627. The third kappa shape index (κ3) is 2.75. The van der Waals surface area contributed by atoms with E-state index in [9.17, 15) is 8.78 Å². The summed E-state index contributed by atoms with van der Waals surface area (Å²) in [7, 11) is 0. The maximum Gasteiger partial charge on any atom is 0.148 e. The van der Waals surface area contributed by atoms with Crippen LogP contribution in [-0.2, 0) is 0 Å². The van der Waals surface area contributed by atoms with Gasteiger partial charge in [-0.05, 0) is 31.2 Å². The summed E-state index contributed by atoms with van der Waals surface area (Å²) < 4.78 is 26.0. The van der Waals surface area contributed by atoms with E-state index in [0.717, 1.165) is 12.6 Å². The van der Waals surface area contributed by atoms with E-state index < -0.39 is 11.6 Å². The number of hydrogen-bond donors (Lipinski definition) is 1. The summed E-state index contributed by atoms with van der Waals surface area (Å²) in [5.74, 6) is -0.622. The lowest BCUT2D eigenvalue weighted by atomic mass is 10.1. The lowest BCUT2D eigenvalue weighted by molar-refractivity contribution is 0.584. The van der Waals surface area contributed by atoms with Crippen LogP contribution in [-0.4, -0.2) is 16.7 Å². The maximum atomic E-state index is 13.0. The number of aromatic nitrogens is 2. The van der Waals surface area contributed by atoms with Gasteiger partial charge in [-0.25, -0.2) is 8.78 Å². The second-order valence-corrected chi connectivity index (χ2v) is 3.49. The average Bonchev–Trinajstić information content (AvgIpc) is 2.29. The summed E-state index contributed by atoms with van der Waals surface area (Å²) in [4.78, 5) is 0. The van der Waals surface area contributed by atoms with E-state index in [-0.39, 0.29) is 0 Å². The molecular weight excluding hydrogens is 224 g/mol. The molecule has 2 rings (SSSR count). The number of hydrogen-bond acceptors (Lipinski definition) is 3. The van der Waals surface area contributed by atoms with Gasteiger partial charge in [-0.3, -0.25) is 0 Å². The maximum absolute atomic E-state index is 13.0. The molecule has 0 amide bonds. The first-order valence-electron chi connectivity index (χ1n) is 5.23. The molecule has 0 aliphatic carbocycles. The minimum Gasteiger partial charge on any atom is -0.369 e. The minimum absolute atomic E-state index is 0.373. The van der Waals surface area contributed by atoms with Gasteiger partial charge in [-0.2, -0.15) is 0 Å². The quantitative estimate of drug-likeness (QED) is 0.888. The first-order chi connectivity index (χ1) is 8.19. The molecule has 5 heteroatoms. The van der Waals surface area contributed by atoms with Crippen LogP contribution in [0, 0.1) is 11.6 Å². The zero-order valence-corrected chi connectivity index (χ0v) is 9.24. The van der Waals surface area contributed by atoms with E-state index in [1.165, 1.54) is 12.1 Å². The molecule has 0 bridgehead atoms. The predicted molar refractivity (Wildman–Crippen MR) is 61.5 cm³/mol. The van der Waals surface area contributed by atoms with Crippen molar-refractivity contribution in [3.63, 3.8) is 0 Å². The van der Waals surface area contributed by atoms with Crippen molar-refractivity contribution in [1.29, 1.82) is 0 Å². The van der Waals surface area contributed by atoms with Crippen molar-refractivity contribution in [2.45, 2.75) is 6.92 Å². The Morgan fingerprint density at radius 1 is 1.06 bits per heavy atom. The fraction of sp³-hybridized carbons (Fsp3) is 0.167. The molecule has 0 aliphatic heterocycles. The Bertz CT molecular complexity index is 491. The number of benzene rings is 1. The van der Waals surface area contributed by atoms with Crippen LogP contribution in [0.3, 0.4) is 0 Å². The van der Waals surface area contributed by atoms with E-state index in [1.54, 1.807) is 12.1 Å². The van der Waals surface area contributed by atoms with Gasteiger partial charge in [0.25, 0.3) is 0 Å². The Morgan fingerprint density at radius 3 is 2.29 bits per heavy atom. The van der Waals surface area contributed by atoms with Crippen molar-refractivity contribution in [2.75, 3.05) is 11.9 Å². The van der Waals surface area contributed by atoms with Gasteiger partial charge >= 0.3 is 0 Å². The van der Waals surface area contributed by atoms with Gasteiger partial charge in [0.15, 0.2) is 0 Å². The SMILES string of the molecule is CCNc1ccc(-c2cc(F)cc(F)c2)nn1. The fourth-order valence-electron chi connectivity index (χ4n) is 1.46. The van der Waals surface area contributed by atoms with Gasteiger partial charge in [0.2, 0.25) is 0 Å². The molecule has 1 heterocycles. The summed E-state index contributed by atoms with van der Waals surface area (Å²) in [6, 6.07) is 6.65. The van der Waals surface area contributed by atoms with Crippen LogP contribution in [0.2, 0.25) is 0 Å². The summed E-state index contributed by atoms with van der Waals surface area (Å²) in [6.07, 6.45) is 0. The molecule has 0 saturated heterocycles. The van der Waals surface area contributed by atoms with Crippen LogP contribution < -0.4 is 5.32 Å². The molecule has 17 heavy (non-hydrogen) atoms. The van der Waals surface area contributed by atoms with Gasteiger partial charge in [0.1, 0.15) is 17.5 Å². The largest absolute Gasteiger partial charge is 0.369 e. The topological polar surface area (TPSA) is 37.8 Å². The number of nitrogens with one attached hydrogen (secondary N) is 1. The smallest absolute Gasteiger partial charge is 0.148 e. The number of halogens is 2. The third-order valence-electron chi connectivity index (χ3n) is 2.18. The highest BCUT2D eigenvalue weighted by molar-refractivity contribution is 5.59. The van der Waals surface area contributed by atoms with Crippen molar-refractivity contribution in [3.8, 4) is 11.3 Å². The second kappa shape index (κ2) is 4.86.